The third-order valence-electron chi connectivity index (χ3n) is 12.4. The second-order valence-corrected chi connectivity index (χ2v) is 19.6. The second kappa shape index (κ2) is 23.7. The van der Waals surface area contributed by atoms with Gasteiger partial charge >= 0.3 is 24.0 Å². The van der Waals surface area contributed by atoms with E-state index in [1.54, 1.807) is 67.7 Å². The summed E-state index contributed by atoms with van der Waals surface area (Å²) < 4.78 is 30.1. The molecule has 1 saturated carbocycles. The standard InChI is InChI=1S/C48H66BN9O11/c1-46(2,31-59)53-36(60)18-22-56(37(61)15-11-8-12-21-57-41(63)39-32-16-17-33(27-32)40(39)42(57)64)29-34-30-58(55-54-34)47(3,4)19-23-67-48(5,6)28-38(62)69-45-51-43(66-26-25-65-24-20-49)50-44(52-45)68-35-13-9-7-10-14-35/h7,9-10,13-14,16-17,30,32-33,39-40,59H,8,11-12,15,18-29,31H2,1-6H3,(H,53,60)/t32-,33+,39+,40-. The van der Waals surface area contributed by atoms with Gasteiger partial charge in [-0.25, -0.2) is 4.68 Å². The Morgan fingerprint density at radius 3 is 2.26 bits per heavy atom. The van der Waals surface area contributed by atoms with E-state index in [2.05, 4.69) is 42.7 Å². The Hall–Kier alpha value is -5.80. The molecule has 69 heavy (non-hydrogen) atoms. The summed E-state index contributed by atoms with van der Waals surface area (Å²) in [6.07, 6.45) is 9.46. The van der Waals surface area contributed by atoms with Crippen LogP contribution in [0.5, 0.6) is 23.8 Å². The molecule has 2 aromatic heterocycles. The lowest BCUT2D eigenvalue weighted by atomic mass is 9.85. The number of para-hydroxylation sites is 1. The first kappa shape index (κ1) is 52.6. The number of nitrogens with zero attached hydrogens (tertiary/aromatic N) is 8. The van der Waals surface area contributed by atoms with E-state index in [0.717, 1.165) is 6.42 Å². The molecule has 2 N–H and O–H groups in total. The van der Waals surface area contributed by atoms with Gasteiger partial charge in [0.2, 0.25) is 23.6 Å². The van der Waals surface area contributed by atoms with Crippen molar-refractivity contribution in [2.24, 2.45) is 23.7 Å². The third-order valence-corrected chi connectivity index (χ3v) is 12.4. The number of imide groups is 1. The average molecular weight is 956 g/mol. The Balaban J connectivity index is 0.990. The maximum Gasteiger partial charge on any atom is 0.333 e. The maximum atomic E-state index is 13.7. The van der Waals surface area contributed by atoms with E-state index in [4.69, 9.17) is 31.5 Å². The van der Waals surface area contributed by atoms with Crippen LogP contribution in [0.4, 0.5) is 0 Å². The van der Waals surface area contributed by atoms with E-state index in [1.807, 2.05) is 19.9 Å². The molecule has 2 bridgehead atoms. The Bertz CT molecular complexity index is 2240. The number of likely N-dealkylation sites (tertiary alicyclic amines) is 1. The number of amides is 4. The lowest BCUT2D eigenvalue weighted by Crippen LogP contribution is -2.47. The molecule has 21 heteroatoms. The fraction of sp³-hybridized carbons (Fsp3) is 0.625. The Morgan fingerprint density at radius 1 is 0.870 bits per heavy atom. The largest absolute Gasteiger partial charge is 0.461 e. The number of hydrogen-bond acceptors (Lipinski definition) is 16. The van der Waals surface area contributed by atoms with Crippen molar-refractivity contribution in [2.75, 3.05) is 46.1 Å². The van der Waals surface area contributed by atoms with Crippen molar-refractivity contribution in [3.8, 4) is 23.8 Å². The molecule has 3 heterocycles. The zero-order valence-corrected chi connectivity index (χ0v) is 40.6. The van der Waals surface area contributed by atoms with E-state index in [-0.39, 0.29) is 124 Å². The number of carbonyl (C=O) groups is 5. The van der Waals surface area contributed by atoms with Gasteiger partial charge in [0.05, 0.1) is 68.7 Å². The monoisotopic (exact) mass is 955 g/mol. The van der Waals surface area contributed by atoms with Gasteiger partial charge in [0.1, 0.15) is 18.1 Å². The van der Waals surface area contributed by atoms with Gasteiger partial charge in [0, 0.05) is 39.1 Å². The van der Waals surface area contributed by atoms with Crippen LogP contribution >= 0.6 is 0 Å². The summed E-state index contributed by atoms with van der Waals surface area (Å²) in [5, 5.41) is 21.2. The zero-order chi connectivity index (χ0) is 49.8. The quantitative estimate of drug-likeness (QED) is 0.0327. The van der Waals surface area contributed by atoms with Gasteiger partial charge in [0.15, 0.2) is 0 Å². The van der Waals surface area contributed by atoms with Crippen molar-refractivity contribution in [3.63, 3.8) is 0 Å². The summed E-state index contributed by atoms with van der Waals surface area (Å²) in [6, 6.07) is 8.25. The molecule has 3 aliphatic rings. The normalized spacial score (nSPS) is 18.7. The molecule has 2 aliphatic carbocycles. The lowest BCUT2D eigenvalue weighted by Gasteiger charge is -2.29. The number of carbonyl (C=O) groups excluding carboxylic acids is 5. The third kappa shape index (κ3) is 14.9. The van der Waals surface area contributed by atoms with Crippen LogP contribution in [0.2, 0.25) is 6.32 Å². The fourth-order valence-electron chi connectivity index (χ4n) is 8.61. The van der Waals surface area contributed by atoms with Gasteiger partial charge in [-0.05, 0) is 91.2 Å². The number of allylic oxidation sites excluding steroid dienone is 2. The number of rotatable bonds is 29. The minimum atomic E-state index is -0.962. The van der Waals surface area contributed by atoms with Gasteiger partial charge < -0.3 is 39.0 Å². The number of aliphatic hydroxyl groups excluding tert-OH is 1. The summed E-state index contributed by atoms with van der Waals surface area (Å²) in [4.78, 5) is 81.5. The van der Waals surface area contributed by atoms with E-state index in [1.165, 1.54) is 4.90 Å². The summed E-state index contributed by atoms with van der Waals surface area (Å²) in [7, 11) is 5.47. The SMILES string of the molecule is [B]CCOCCOc1nc(OC(=O)CC(C)(C)OCCC(C)(C)n2cc(CN(CCC(=O)NC(C)(C)CO)C(=O)CCCCCN3C(=O)[C@@H]4[C@H](C3=O)[C@H]3C=C[C@@H]4C3)nn2)nc(Oc2ccccc2)n1. The first-order chi connectivity index (χ1) is 32.9. The van der Waals surface area contributed by atoms with Crippen molar-refractivity contribution in [3.05, 3.63) is 54.4 Å². The van der Waals surface area contributed by atoms with Crippen molar-refractivity contribution < 1.29 is 52.8 Å². The van der Waals surface area contributed by atoms with E-state index >= 15 is 0 Å². The van der Waals surface area contributed by atoms with Crippen LogP contribution in [0.15, 0.2) is 48.7 Å². The second-order valence-electron chi connectivity index (χ2n) is 19.6. The predicted octanol–water partition coefficient (Wildman–Crippen LogP) is 4.13. The van der Waals surface area contributed by atoms with E-state index < -0.39 is 22.6 Å². The molecule has 2 radical (unpaired) electrons. The van der Waals surface area contributed by atoms with Gasteiger partial charge in [-0.2, -0.15) is 0 Å². The van der Waals surface area contributed by atoms with E-state index in [0.29, 0.717) is 56.6 Å². The number of aromatic nitrogens is 6. The molecular formula is C48H66BN9O11. The van der Waals surface area contributed by atoms with Crippen LogP contribution in [-0.2, 0) is 45.5 Å². The highest BCUT2D eigenvalue weighted by atomic mass is 16.6. The van der Waals surface area contributed by atoms with Crippen LogP contribution in [0.3, 0.4) is 0 Å². The molecule has 6 rings (SSSR count). The Morgan fingerprint density at radius 2 is 1.57 bits per heavy atom. The summed E-state index contributed by atoms with van der Waals surface area (Å²) in [5.41, 5.74) is -1.88. The highest BCUT2D eigenvalue weighted by Crippen LogP contribution is 2.52. The first-order valence-electron chi connectivity index (χ1n) is 23.8. The molecular weight excluding hydrogens is 889 g/mol. The minimum Gasteiger partial charge on any atom is -0.461 e. The number of hydrogen-bond donors (Lipinski definition) is 2. The van der Waals surface area contributed by atoms with Crippen molar-refractivity contribution in [2.45, 2.75) is 122 Å². The van der Waals surface area contributed by atoms with Crippen LogP contribution in [-0.4, -0.2) is 140 Å². The highest BCUT2D eigenvalue weighted by Gasteiger charge is 2.59. The van der Waals surface area contributed by atoms with Crippen LogP contribution in [0.25, 0.3) is 0 Å². The van der Waals surface area contributed by atoms with Gasteiger partial charge in [-0.1, -0.05) is 48.3 Å². The zero-order valence-electron chi connectivity index (χ0n) is 40.6. The van der Waals surface area contributed by atoms with Crippen molar-refractivity contribution in [1.29, 1.82) is 0 Å². The average Bonchev–Trinajstić information content (AvgIpc) is 4.10. The van der Waals surface area contributed by atoms with Gasteiger partial charge in [-0.15, -0.1) is 20.1 Å². The molecule has 0 unspecified atom stereocenters. The Kier molecular flexibility index (Phi) is 18.0. The smallest absolute Gasteiger partial charge is 0.333 e. The molecule has 372 valence electrons. The Labute approximate surface area is 404 Å². The van der Waals surface area contributed by atoms with Crippen molar-refractivity contribution in [1.82, 2.24) is 45.1 Å². The van der Waals surface area contributed by atoms with Crippen molar-refractivity contribution >= 4 is 37.4 Å². The summed E-state index contributed by atoms with van der Waals surface area (Å²) >= 11 is 0. The number of ether oxygens (including phenoxy) is 5. The molecule has 2 fully saturated rings. The molecule has 20 nitrogen and oxygen atoms in total. The molecule has 0 spiro atoms. The van der Waals surface area contributed by atoms with Gasteiger partial charge in [0.25, 0.3) is 0 Å². The van der Waals surface area contributed by atoms with Crippen LogP contribution in [0.1, 0.15) is 98.6 Å². The molecule has 4 amide bonds. The van der Waals surface area contributed by atoms with Crippen LogP contribution in [0, 0.1) is 23.7 Å². The topological polar surface area (TPSA) is 240 Å². The minimum absolute atomic E-state index is 0.00831. The molecule has 1 saturated heterocycles. The highest BCUT2D eigenvalue weighted by molar-refractivity contribution is 6.08. The number of aliphatic hydroxyl groups is 1. The lowest BCUT2D eigenvalue weighted by molar-refractivity contribution is -0.142. The number of unbranched alkanes of at least 4 members (excludes halogenated alkanes) is 2. The number of nitrogens with one attached hydrogen (secondary N) is 1. The molecule has 1 aromatic carbocycles. The van der Waals surface area contributed by atoms with E-state index in [9.17, 15) is 29.1 Å². The van der Waals surface area contributed by atoms with Gasteiger partial charge in [-0.3, -0.25) is 28.9 Å². The summed E-state index contributed by atoms with van der Waals surface area (Å²) in [6.45, 7) is 12.1. The number of esters is 1. The molecule has 4 atom stereocenters. The predicted molar refractivity (Wildman–Crippen MR) is 250 cm³/mol. The first-order valence-corrected chi connectivity index (χ1v) is 23.8. The molecule has 3 aromatic rings. The number of fused-ring (bicyclic) bond motifs is 5. The molecule has 1 aliphatic heterocycles. The maximum absolute atomic E-state index is 13.7. The summed E-state index contributed by atoms with van der Waals surface area (Å²) in [5.74, 6) is -0.954. The fourth-order valence-corrected chi connectivity index (χ4v) is 8.61. The van der Waals surface area contributed by atoms with Crippen LogP contribution < -0.4 is 19.5 Å². The number of benzene rings is 1.